The molecule has 0 aliphatic heterocycles. The number of nitrogens with one attached hydrogen (secondary N) is 1. The average Bonchev–Trinajstić information content (AvgIpc) is 2.88. The number of ether oxygens (including phenoxy) is 1. The van der Waals surface area contributed by atoms with E-state index in [1.54, 1.807) is 0 Å². The van der Waals surface area contributed by atoms with E-state index in [9.17, 15) is 0 Å². The molecule has 0 unspecified atom stereocenters. The van der Waals surface area contributed by atoms with Crippen LogP contribution in [0.2, 0.25) is 0 Å². The van der Waals surface area contributed by atoms with Crippen LogP contribution < -0.4 is 5.32 Å². The van der Waals surface area contributed by atoms with Crippen molar-refractivity contribution >= 4 is 5.69 Å². The Labute approximate surface area is 106 Å². The third kappa shape index (κ3) is 2.87. The zero-order valence-corrected chi connectivity index (χ0v) is 10.6. The number of hydrogen-bond donors (Lipinski definition) is 1. The molecule has 1 N–H and O–H groups in total. The van der Waals surface area contributed by atoms with E-state index in [4.69, 9.17) is 9.26 Å². The summed E-state index contributed by atoms with van der Waals surface area (Å²) in [5.41, 5.74) is 1.88. The Bertz CT molecular complexity index is 496. The number of para-hydroxylation sites is 1. The molecule has 0 saturated heterocycles. The summed E-state index contributed by atoms with van der Waals surface area (Å²) in [5, 5.41) is 7.05. The molecule has 0 atom stereocenters. The minimum absolute atomic E-state index is 0.534. The van der Waals surface area contributed by atoms with Gasteiger partial charge < -0.3 is 14.6 Å². The number of anilines is 1. The minimum Gasteiger partial charge on any atom is -0.387 e. The zero-order chi connectivity index (χ0) is 12.8. The second-order valence-corrected chi connectivity index (χ2v) is 3.76. The van der Waals surface area contributed by atoms with Crippen LogP contribution >= 0.6 is 0 Å². The Morgan fingerprint density at radius 2 is 2.17 bits per heavy atom. The van der Waals surface area contributed by atoms with E-state index in [1.807, 2.05) is 38.2 Å². The first-order valence-corrected chi connectivity index (χ1v) is 6.02. The monoisotopic (exact) mass is 247 g/mol. The molecule has 1 aromatic heterocycles. The second kappa shape index (κ2) is 6.16. The van der Waals surface area contributed by atoms with Crippen LogP contribution in [0.25, 0.3) is 11.5 Å². The highest BCUT2D eigenvalue weighted by Crippen LogP contribution is 2.25. The minimum atomic E-state index is 0.534. The highest BCUT2D eigenvalue weighted by molar-refractivity contribution is 5.71. The number of hydrogen-bond acceptors (Lipinski definition) is 5. The van der Waals surface area contributed by atoms with Gasteiger partial charge in [-0.25, -0.2) is 0 Å². The SMILES string of the molecule is CCOCCc1noc(-c2ccccc2NC)n1. The highest BCUT2D eigenvalue weighted by Gasteiger charge is 2.11. The van der Waals surface area contributed by atoms with Crippen molar-refractivity contribution in [3.8, 4) is 11.5 Å². The smallest absolute Gasteiger partial charge is 0.260 e. The van der Waals surface area contributed by atoms with E-state index in [2.05, 4.69) is 15.5 Å². The van der Waals surface area contributed by atoms with Crippen molar-refractivity contribution in [3.63, 3.8) is 0 Å². The van der Waals surface area contributed by atoms with Crippen molar-refractivity contribution in [3.05, 3.63) is 30.1 Å². The molecule has 0 radical (unpaired) electrons. The van der Waals surface area contributed by atoms with E-state index in [0.29, 0.717) is 31.3 Å². The van der Waals surface area contributed by atoms with Gasteiger partial charge in [-0.3, -0.25) is 0 Å². The Balaban J connectivity index is 2.13. The molecular formula is C13H17N3O2. The van der Waals surface area contributed by atoms with Crippen LogP contribution in [0.1, 0.15) is 12.7 Å². The van der Waals surface area contributed by atoms with Crippen molar-refractivity contribution in [1.29, 1.82) is 0 Å². The summed E-state index contributed by atoms with van der Waals surface area (Å²) in [6, 6.07) is 7.83. The Morgan fingerprint density at radius 1 is 1.33 bits per heavy atom. The highest BCUT2D eigenvalue weighted by atomic mass is 16.5. The molecule has 5 heteroatoms. The molecule has 0 fully saturated rings. The molecule has 0 amide bonds. The van der Waals surface area contributed by atoms with Gasteiger partial charge in [-0.1, -0.05) is 17.3 Å². The molecule has 0 bridgehead atoms. The molecule has 0 saturated carbocycles. The molecule has 0 aliphatic carbocycles. The molecule has 2 aromatic rings. The third-order valence-corrected chi connectivity index (χ3v) is 2.57. The van der Waals surface area contributed by atoms with Gasteiger partial charge in [0, 0.05) is 25.8 Å². The first kappa shape index (κ1) is 12.6. The molecular weight excluding hydrogens is 230 g/mol. The van der Waals surface area contributed by atoms with Gasteiger partial charge in [-0.05, 0) is 19.1 Å². The van der Waals surface area contributed by atoms with Gasteiger partial charge in [0.15, 0.2) is 5.82 Å². The lowest BCUT2D eigenvalue weighted by molar-refractivity contribution is 0.149. The zero-order valence-electron chi connectivity index (χ0n) is 10.6. The largest absolute Gasteiger partial charge is 0.387 e. The van der Waals surface area contributed by atoms with Crippen LogP contribution in [0.3, 0.4) is 0 Å². The molecule has 1 heterocycles. The van der Waals surface area contributed by atoms with Crippen molar-refractivity contribution in [2.24, 2.45) is 0 Å². The van der Waals surface area contributed by atoms with Crippen LogP contribution in [0.5, 0.6) is 0 Å². The van der Waals surface area contributed by atoms with Gasteiger partial charge >= 0.3 is 0 Å². The maximum absolute atomic E-state index is 5.27. The summed E-state index contributed by atoms with van der Waals surface area (Å²) in [6.45, 7) is 3.28. The van der Waals surface area contributed by atoms with Crippen LogP contribution in [0.15, 0.2) is 28.8 Å². The third-order valence-electron chi connectivity index (χ3n) is 2.57. The van der Waals surface area contributed by atoms with Crippen molar-refractivity contribution < 1.29 is 9.26 Å². The van der Waals surface area contributed by atoms with Gasteiger partial charge in [0.2, 0.25) is 0 Å². The molecule has 0 aliphatic rings. The Kier molecular flexibility index (Phi) is 4.30. The summed E-state index contributed by atoms with van der Waals surface area (Å²) >= 11 is 0. The van der Waals surface area contributed by atoms with Crippen LogP contribution in [-0.2, 0) is 11.2 Å². The second-order valence-electron chi connectivity index (χ2n) is 3.76. The molecule has 2 rings (SSSR count). The van der Waals surface area contributed by atoms with Gasteiger partial charge in [-0.2, -0.15) is 4.98 Å². The molecule has 0 spiro atoms. The average molecular weight is 247 g/mol. The van der Waals surface area contributed by atoms with Gasteiger partial charge in [0.05, 0.1) is 12.2 Å². The van der Waals surface area contributed by atoms with Crippen molar-refractivity contribution in [1.82, 2.24) is 10.1 Å². The maximum atomic E-state index is 5.27. The summed E-state index contributed by atoms with van der Waals surface area (Å²) < 4.78 is 10.5. The normalized spacial score (nSPS) is 10.6. The predicted octanol–water partition coefficient (Wildman–Crippen LogP) is 2.36. The molecule has 5 nitrogen and oxygen atoms in total. The maximum Gasteiger partial charge on any atom is 0.260 e. The lowest BCUT2D eigenvalue weighted by Gasteiger charge is -2.03. The fourth-order valence-electron chi connectivity index (χ4n) is 1.66. The van der Waals surface area contributed by atoms with Gasteiger partial charge in [0.25, 0.3) is 5.89 Å². The van der Waals surface area contributed by atoms with E-state index in [1.165, 1.54) is 0 Å². The quantitative estimate of drug-likeness (QED) is 0.794. The number of rotatable bonds is 6. The standard InChI is InChI=1S/C13H17N3O2/c1-3-17-9-8-12-15-13(18-16-12)10-6-4-5-7-11(10)14-2/h4-7,14H,3,8-9H2,1-2H3. The van der Waals surface area contributed by atoms with Crippen molar-refractivity contribution in [2.75, 3.05) is 25.6 Å². The Morgan fingerprint density at radius 3 is 2.94 bits per heavy atom. The summed E-state index contributed by atoms with van der Waals surface area (Å²) in [5.74, 6) is 1.20. The number of benzene rings is 1. The fourth-order valence-corrected chi connectivity index (χ4v) is 1.66. The summed E-state index contributed by atoms with van der Waals surface area (Å²) in [6.07, 6.45) is 0.666. The first-order valence-electron chi connectivity index (χ1n) is 6.02. The predicted molar refractivity (Wildman–Crippen MR) is 69.5 cm³/mol. The van der Waals surface area contributed by atoms with Crippen LogP contribution in [-0.4, -0.2) is 30.4 Å². The van der Waals surface area contributed by atoms with Crippen LogP contribution in [0, 0.1) is 0 Å². The van der Waals surface area contributed by atoms with Gasteiger partial charge in [0.1, 0.15) is 0 Å². The topological polar surface area (TPSA) is 60.2 Å². The van der Waals surface area contributed by atoms with E-state index >= 15 is 0 Å². The molecule has 1 aromatic carbocycles. The van der Waals surface area contributed by atoms with Gasteiger partial charge in [-0.15, -0.1) is 0 Å². The molecule has 18 heavy (non-hydrogen) atoms. The summed E-state index contributed by atoms with van der Waals surface area (Å²) in [4.78, 5) is 4.36. The van der Waals surface area contributed by atoms with E-state index in [-0.39, 0.29) is 0 Å². The number of aromatic nitrogens is 2. The van der Waals surface area contributed by atoms with Crippen molar-refractivity contribution in [2.45, 2.75) is 13.3 Å². The lowest BCUT2D eigenvalue weighted by atomic mass is 10.2. The van der Waals surface area contributed by atoms with Crippen LogP contribution in [0.4, 0.5) is 5.69 Å². The lowest BCUT2D eigenvalue weighted by Crippen LogP contribution is -1.99. The van der Waals surface area contributed by atoms with E-state index < -0.39 is 0 Å². The van der Waals surface area contributed by atoms with E-state index in [0.717, 1.165) is 11.3 Å². The fraction of sp³-hybridized carbons (Fsp3) is 0.385. The Hall–Kier alpha value is -1.88. The first-order chi connectivity index (χ1) is 8.85. The summed E-state index contributed by atoms with van der Waals surface area (Å²) in [7, 11) is 1.87. The molecule has 96 valence electrons. The number of nitrogens with zero attached hydrogens (tertiary/aromatic N) is 2.